The molecule has 1 aromatic carbocycles. The van der Waals surface area contributed by atoms with E-state index < -0.39 is 0 Å². The summed E-state index contributed by atoms with van der Waals surface area (Å²) in [6.45, 7) is 7.25. The molecule has 2 rings (SSSR count). The van der Waals surface area contributed by atoms with E-state index in [1.807, 2.05) is 10.9 Å². The van der Waals surface area contributed by atoms with E-state index in [0.717, 1.165) is 30.8 Å². The summed E-state index contributed by atoms with van der Waals surface area (Å²) in [6, 6.07) is 6.36. The highest BCUT2D eigenvalue weighted by Gasteiger charge is 2.17. The predicted octanol–water partition coefficient (Wildman–Crippen LogP) is 3.35. The fraction of sp³-hybridized carbons (Fsp3) is 0.500. The highest BCUT2D eigenvalue weighted by molar-refractivity contribution is 5.39. The van der Waals surface area contributed by atoms with E-state index in [0.29, 0.717) is 5.92 Å². The molecule has 0 aliphatic heterocycles. The standard InChI is InChI=1S/C16H23N3O/c1-5-13(10-14-11-19(6-2)18-17-14)15-9-12(3)7-8-16(15)20-4/h7-9,11,13H,5-6,10H2,1-4H3. The molecular weight excluding hydrogens is 250 g/mol. The molecule has 0 fully saturated rings. The van der Waals surface area contributed by atoms with Gasteiger partial charge in [0, 0.05) is 19.2 Å². The molecule has 0 amide bonds. The SMILES string of the molecule is CCC(Cc1cn(CC)nn1)c1cc(C)ccc1OC. The monoisotopic (exact) mass is 273 g/mol. The fourth-order valence-electron chi connectivity index (χ4n) is 2.49. The van der Waals surface area contributed by atoms with Gasteiger partial charge in [-0.3, -0.25) is 4.68 Å². The Balaban J connectivity index is 2.25. The number of rotatable bonds is 6. The lowest BCUT2D eigenvalue weighted by Gasteiger charge is -2.18. The van der Waals surface area contributed by atoms with Crippen LogP contribution in [0.2, 0.25) is 0 Å². The van der Waals surface area contributed by atoms with E-state index in [9.17, 15) is 0 Å². The van der Waals surface area contributed by atoms with Gasteiger partial charge in [0.05, 0.1) is 12.8 Å². The molecule has 0 aliphatic carbocycles. The number of aryl methyl sites for hydroxylation is 2. The summed E-state index contributed by atoms with van der Waals surface area (Å²) < 4.78 is 7.38. The van der Waals surface area contributed by atoms with Crippen LogP contribution in [0.25, 0.3) is 0 Å². The number of ether oxygens (including phenoxy) is 1. The van der Waals surface area contributed by atoms with Gasteiger partial charge in [-0.05, 0) is 37.8 Å². The highest BCUT2D eigenvalue weighted by atomic mass is 16.5. The lowest BCUT2D eigenvalue weighted by molar-refractivity contribution is 0.404. The lowest BCUT2D eigenvalue weighted by atomic mass is 9.90. The first-order valence-corrected chi connectivity index (χ1v) is 7.21. The molecule has 1 heterocycles. The molecule has 4 heteroatoms. The Morgan fingerprint density at radius 3 is 2.70 bits per heavy atom. The molecule has 0 saturated carbocycles. The summed E-state index contributed by atoms with van der Waals surface area (Å²) in [7, 11) is 1.73. The number of methoxy groups -OCH3 is 1. The average molecular weight is 273 g/mol. The van der Waals surface area contributed by atoms with Crippen molar-refractivity contribution < 1.29 is 4.74 Å². The Morgan fingerprint density at radius 1 is 1.30 bits per heavy atom. The minimum absolute atomic E-state index is 0.409. The average Bonchev–Trinajstić information content (AvgIpc) is 2.92. The number of aromatic nitrogens is 3. The number of hydrogen-bond donors (Lipinski definition) is 0. The third-order valence-corrected chi connectivity index (χ3v) is 3.68. The van der Waals surface area contributed by atoms with Crippen molar-refractivity contribution in [2.24, 2.45) is 0 Å². The zero-order chi connectivity index (χ0) is 14.5. The molecule has 1 aromatic heterocycles. The van der Waals surface area contributed by atoms with Crippen LogP contribution in [0.5, 0.6) is 5.75 Å². The topological polar surface area (TPSA) is 39.9 Å². The minimum Gasteiger partial charge on any atom is -0.496 e. The van der Waals surface area contributed by atoms with Crippen molar-refractivity contribution in [3.63, 3.8) is 0 Å². The van der Waals surface area contributed by atoms with Crippen LogP contribution in [0.1, 0.15) is 43.0 Å². The van der Waals surface area contributed by atoms with Crippen LogP contribution >= 0.6 is 0 Å². The van der Waals surface area contributed by atoms with Crippen molar-refractivity contribution in [2.75, 3.05) is 7.11 Å². The van der Waals surface area contributed by atoms with Gasteiger partial charge >= 0.3 is 0 Å². The van der Waals surface area contributed by atoms with E-state index in [1.165, 1.54) is 11.1 Å². The molecule has 20 heavy (non-hydrogen) atoms. The Kier molecular flexibility index (Phi) is 4.77. The number of benzene rings is 1. The van der Waals surface area contributed by atoms with Crippen molar-refractivity contribution in [3.8, 4) is 5.75 Å². The first-order valence-electron chi connectivity index (χ1n) is 7.21. The lowest BCUT2D eigenvalue weighted by Crippen LogP contribution is -2.05. The van der Waals surface area contributed by atoms with Gasteiger partial charge < -0.3 is 4.74 Å². The Bertz CT molecular complexity index is 563. The summed E-state index contributed by atoms with van der Waals surface area (Å²) in [6.07, 6.45) is 3.99. The van der Waals surface area contributed by atoms with Crippen LogP contribution in [0.4, 0.5) is 0 Å². The Morgan fingerprint density at radius 2 is 2.10 bits per heavy atom. The van der Waals surface area contributed by atoms with Crippen LogP contribution in [0.3, 0.4) is 0 Å². The van der Waals surface area contributed by atoms with Crippen LogP contribution < -0.4 is 4.74 Å². The van der Waals surface area contributed by atoms with Crippen LogP contribution in [-0.2, 0) is 13.0 Å². The van der Waals surface area contributed by atoms with E-state index in [4.69, 9.17) is 4.74 Å². The van der Waals surface area contributed by atoms with E-state index >= 15 is 0 Å². The number of nitrogens with zero attached hydrogens (tertiary/aromatic N) is 3. The molecule has 0 spiro atoms. The summed E-state index contributed by atoms with van der Waals surface area (Å²) >= 11 is 0. The molecule has 1 atom stereocenters. The normalized spacial score (nSPS) is 12.4. The zero-order valence-corrected chi connectivity index (χ0v) is 12.8. The third-order valence-electron chi connectivity index (χ3n) is 3.68. The molecule has 108 valence electrons. The second-order valence-corrected chi connectivity index (χ2v) is 5.12. The van der Waals surface area contributed by atoms with Crippen LogP contribution in [-0.4, -0.2) is 22.1 Å². The second-order valence-electron chi connectivity index (χ2n) is 5.12. The molecule has 0 radical (unpaired) electrons. The van der Waals surface area contributed by atoms with E-state index in [-0.39, 0.29) is 0 Å². The van der Waals surface area contributed by atoms with Gasteiger partial charge in [-0.15, -0.1) is 5.10 Å². The van der Waals surface area contributed by atoms with Crippen molar-refractivity contribution in [2.45, 2.75) is 46.1 Å². The largest absolute Gasteiger partial charge is 0.496 e. The van der Waals surface area contributed by atoms with Gasteiger partial charge in [-0.2, -0.15) is 0 Å². The fourth-order valence-corrected chi connectivity index (χ4v) is 2.49. The quantitative estimate of drug-likeness (QED) is 0.810. The molecule has 0 bridgehead atoms. The summed E-state index contributed by atoms with van der Waals surface area (Å²) in [5, 5.41) is 8.36. The molecule has 2 aromatic rings. The third kappa shape index (κ3) is 3.18. The van der Waals surface area contributed by atoms with Gasteiger partial charge in [0.15, 0.2) is 0 Å². The number of hydrogen-bond acceptors (Lipinski definition) is 3. The maximum absolute atomic E-state index is 5.51. The Labute approximate surface area is 120 Å². The van der Waals surface area contributed by atoms with Crippen molar-refractivity contribution in [3.05, 3.63) is 41.2 Å². The molecule has 4 nitrogen and oxygen atoms in total. The van der Waals surface area contributed by atoms with Crippen molar-refractivity contribution in [1.29, 1.82) is 0 Å². The van der Waals surface area contributed by atoms with E-state index in [1.54, 1.807) is 7.11 Å². The van der Waals surface area contributed by atoms with Crippen molar-refractivity contribution >= 4 is 0 Å². The minimum atomic E-state index is 0.409. The van der Waals surface area contributed by atoms with Crippen LogP contribution in [0.15, 0.2) is 24.4 Å². The first kappa shape index (κ1) is 14.6. The molecule has 0 saturated heterocycles. The molecular formula is C16H23N3O. The predicted molar refractivity (Wildman–Crippen MR) is 80.2 cm³/mol. The highest BCUT2D eigenvalue weighted by Crippen LogP contribution is 2.32. The maximum Gasteiger partial charge on any atom is 0.122 e. The van der Waals surface area contributed by atoms with Gasteiger partial charge in [-0.25, -0.2) is 0 Å². The molecule has 0 aliphatic rings. The molecule has 1 unspecified atom stereocenters. The van der Waals surface area contributed by atoms with Gasteiger partial charge in [-0.1, -0.05) is 29.8 Å². The molecule has 0 N–H and O–H groups in total. The maximum atomic E-state index is 5.51. The van der Waals surface area contributed by atoms with Crippen molar-refractivity contribution in [1.82, 2.24) is 15.0 Å². The summed E-state index contributed by atoms with van der Waals surface area (Å²) in [4.78, 5) is 0. The van der Waals surface area contributed by atoms with Gasteiger partial charge in [0.25, 0.3) is 0 Å². The van der Waals surface area contributed by atoms with Gasteiger partial charge in [0.2, 0.25) is 0 Å². The zero-order valence-electron chi connectivity index (χ0n) is 12.8. The van der Waals surface area contributed by atoms with E-state index in [2.05, 4.69) is 49.3 Å². The first-order chi connectivity index (χ1) is 9.67. The van der Waals surface area contributed by atoms with Gasteiger partial charge in [0.1, 0.15) is 5.75 Å². The Hall–Kier alpha value is -1.84. The smallest absolute Gasteiger partial charge is 0.122 e. The summed E-state index contributed by atoms with van der Waals surface area (Å²) in [5.74, 6) is 1.37. The second kappa shape index (κ2) is 6.55. The summed E-state index contributed by atoms with van der Waals surface area (Å²) in [5.41, 5.74) is 3.57. The van der Waals surface area contributed by atoms with Crippen LogP contribution in [0, 0.1) is 6.92 Å².